The van der Waals surface area contributed by atoms with Crippen LogP contribution in [0.25, 0.3) is 16.8 Å². The van der Waals surface area contributed by atoms with Crippen molar-refractivity contribution in [2.75, 3.05) is 18.0 Å². The van der Waals surface area contributed by atoms with E-state index in [1.54, 1.807) is 6.20 Å². The molecular formula is C20H22N4O2. The number of benzene rings is 1. The molecule has 0 amide bonds. The van der Waals surface area contributed by atoms with Gasteiger partial charge in [-0.25, -0.2) is 9.50 Å². The van der Waals surface area contributed by atoms with Crippen LogP contribution in [0.2, 0.25) is 0 Å². The summed E-state index contributed by atoms with van der Waals surface area (Å²) in [4.78, 5) is 17.9. The number of aliphatic carboxylic acids is 1. The molecule has 1 aromatic carbocycles. The highest BCUT2D eigenvalue weighted by atomic mass is 16.4. The SMILES string of the molecule is Cc1ccc(C)c(-c2cc3c(N4CCC(C(=O)O)CC4)nccn3n2)c1. The van der Waals surface area contributed by atoms with Crippen LogP contribution >= 0.6 is 0 Å². The van der Waals surface area contributed by atoms with Crippen molar-refractivity contribution in [3.05, 3.63) is 47.8 Å². The lowest BCUT2D eigenvalue weighted by Crippen LogP contribution is -2.37. The highest BCUT2D eigenvalue weighted by Gasteiger charge is 2.26. The van der Waals surface area contributed by atoms with E-state index in [2.05, 4.69) is 48.0 Å². The van der Waals surface area contributed by atoms with Crippen LogP contribution in [0.1, 0.15) is 24.0 Å². The van der Waals surface area contributed by atoms with E-state index in [0.29, 0.717) is 25.9 Å². The van der Waals surface area contributed by atoms with Crippen molar-refractivity contribution >= 4 is 17.3 Å². The van der Waals surface area contributed by atoms with Gasteiger partial charge in [-0.15, -0.1) is 0 Å². The zero-order valence-electron chi connectivity index (χ0n) is 15.0. The first-order valence-corrected chi connectivity index (χ1v) is 8.92. The van der Waals surface area contributed by atoms with E-state index < -0.39 is 5.97 Å². The van der Waals surface area contributed by atoms with Crippen LogP contribution in [0.4, 0.5) is 5.82 Å². The van der Waals surface area contributed by atoms with Gasteiger partial charge in [0.15, 0.2) is 5.82 Å². The van der Waals surface area contributed by atoms with E-state index in [9.17, 15) is 9.90 Å². The molecular weight excluding hydrogens is 328 g/mol. The quantitative estimate of drug-likeness (QED) is 0.785. The zero-order chi connectivity index (χ0) is 18.3. The number of piperidine rings is 1. The van der Waals surface area contributed by atoms with Crippen molar-refractivity contribution < 1.29 is 9.90 Å². The highest BCUT2D eigenvalue weighted by molar-refractivity contribution is 5.77. The molecule has 0 radical (unpaired) electrons. The van der Waals surface area contributed by atoms with Crippen LogP contribution in [-0.4, -0.2) is 38.8 Å². The Kier molecular flexibility index (Phi) is 4.11. The van der Waals surface area contributed by atoms with E-state index in [-0.39, 0.29) is 5.92 Å². The number of fused-ring (bicyclic) bond motifs is 1. The van der Waals surface area contributed by atoms with Crippen molar-refractivity contribution in [2.24, 2.45) is 5.92 Å². The van der Waals surface area contributed by atoms with Gasteiger partial charge in [0, 0.05) is 31.0 Å². The number of rotatable bonds is 3. The third kappa shape index (κ3) is 2.92. The first kappa shape index (κ1) is 16.6. The lowest BCUT2D eigenvalue weighted by Gasteiger charge is -2.31. The molecule has 6 heteroatoms. The molecule has 0 spiro atoms. The molecule has 2 aromatic heterocycles. The molecule has 1 N–H and O–H groups in total. The summed E-state index contributed by atoms with van der Waals surface area (Å²) in [6.07, 6.45) is 4.91. The fraction of sp³-hybridized carbons (Fsp3) is 0.350. The normalized spacial score (nSPS) is 15.5. The van der Waals surface area contributed by atoms with Crippen molar-refractivity contribution in [1.82, 2.24) is 14.6 Å². The van der Waals surface area contributed by atoms with E-state index in [1.165, 1.54) is 11.1 Å². The van der Waals surface area contributed by atoms with Gasteiger partial charge in [-0.1, -0.05) is 17.7 Å². The van der Waals surface area contributed by atoms with Crippen LogP contribution in [-0.2, 0) is 4.79 Å². The average molecular weight is 350 g/mol. The maximum Gasteiger partial charge on any atom is 0.306 e. The predicted octanol–water partition coefficient (Wildman–Crippen LogP) is 3.31. The Hall–Kier alpha value is -2.89. The minimum absolute atomic E-state index is 0.249. The smallest absolute Gasteiger partial charge is 0.306 e. The zero-order valence-corrected chi connectivity index (χ0v) is 15.0. The van der Waals surface area contributed by atoms with Crippen LogP contribution in [0.3, 0.4) is 0 Å². The Morgan fingerprint density at radius 2 is 1.96 bits per heavy atom. The van der Waals surface area contributed by atoms with Crippen molar-refractivity contribution in [3.8, 4) is 11.3 Å². The second kappa shape index (κ2) is 6.44. The number of hydrogen-bond donors (Lipinski definition) is 1. The van der Waals surface area contributed by atoms with Gasteiger partial charge < -0.3 is 10.0 Å². The summed E-state index contributed by atoms with van der Waals surface area (Å²) in [5.41, 5.74) is 5.41. The second-order valence-electron chi connectivity index (χ2n) is 7.03. The molecule has 0 unspecified atom stereocenters. The summed E-state index contributed by atoms with van der Waals surface area (Å²) in [5, 5.41) is 13.9. The summed E-state index contributed by atoms with van der Waals surface area (Å²) in [7, 11) is 0. The Labute approximate surface area is 152 Å². The molecule has 0 atom stereocenters. The van der Waals surface area contributed by atoms with Gasteiger partial charge in [0.2, 0.25) is 0 Å². The number of nitrogens with zero attached hydrogens (tertiary/aromatic N) is 4. The summed E-state index contributed by atoms with van der Waals surface area (Å²) < 4.78 is 1.86. The molecule has 3 heterocycles. The summed E-state index contributed by atoms with van der Waals surface area (Å²) in [6.45, 7) is 5.58. The molecule has 1 saturated heterocycles. The third-order valence-electron chi connectivity index (χ3n) is 5.18. The molecule has 134 valence electrons. The molecule has 0 bridgehead atoms. The summed E-state index contributed by atoms with van der Waals surface area (Å²) in [5.74, 6) is -0.0702. The molecule has 3 aromatic rings. The van der Waals surface area contributed by atoms with Crippen LogP contribution < -0.4 is 4.90 Å². The van der Waals surface area contributed by atoms with Gasteiger partial charge in [-0.2, -0.15) is 5.10 Å². The fourth-order valence-electron chi connectivity index (χ4n) is 3.63. The summed E-state index contributed by atoms with van der Waals surface area (Å²) >= 11 is 0. The molecule has 0 aliphatic carbocycles. The van der Waals surface area contributed by atoms with Gasteiger partial charge in [0.25, 0.3) is 0 Å². The average Bonchev–Trinajstić information content (AvgIpc) is 3.07. The number of aryl methyl sites for hydroxylation is 2. The van der Waals surface area contributed by atoms with E-state index >= 15 is 0 Å². The lowest BCUT2D eigenvalue weighted by molar-refractivity contribution is -0.142. The number of carboxylic acids is 1. The van der Waals surface area contributed by atoms with Crippen LogP contribution in [0.5, 0.6) is 0 Å². The molecule has 26 heavy (non-hydrogen) atoms. The maximum absolute atomic E-state index is 11.2. The van der Waals surface area contributed by atoms with Gasteiger partial charge in [-0.3, -0.25) is 4.79 Å². The first-order valence-electron chi connectivity index (χ1n) is 8.92. The summed E-state index contributed by atoms with van der Waals surface area (Å²) in [6, 6.07) is 8.45. The first-order chi connectivity index (χ1) is 12.5. The molecule has 1 aliphatic rings. The minimum Gasteiger partial charge on any atom is -0.481 e. The molecule has 1 aliphatic heterocycles. The van der Waals surface area contributed by atoms with Gasteiger partial charge >= 0.3 is 5.97 Å². The number of anilines is 1. The van der Waals surface area contributed by atoms with Crippen molar-refractivity contribution in [1.29, 1.82) is 0 Å². The largest absolute Gasteiger partial charge is 0.481 e. The fourth-order valence-corrected chi connectivity index (χ4v) is 3.63. The Morgan fingerprint density at radius 3 is 2.69 bits per heavy atom. The van der Waals surface area contributed by atoms with Crippen molar-refractivity contribution in [3.63, 3.8) is 0 Å². The maximum atomic E-state index is 11.2. The predicted molar refractivity (Wildman–Crippen MR) is 100 cm³/mol. The number of carboxylic acid groups (broad SMARTS) is 1. The van der Waals surface area contributed by atoms with E-state index in [4.69, 9.17) is 5.10 Å². The Morgan fingerprint density at radius 1 is 1.19 bits per heavy atom. The standard InChI is InChI=1S/C20H22N4O2/c1-13-3-4-14(2)16(11-13)17-12-18-19(21-7-10-24(18)22-17)23-8-5-15(6-9-23)20(25)26/h3-4,7,10-12,15H,5-6,8-9H2,1-2H3,(H,25,26). The van der Waals surface area contributed by atoms with Gasteiger partial charge in [0.1, 0.15) is 5.52 Å². The molecule has 1 fully saturated rings. The molecule has 6 nitrogen and oxygen atoms in total. The van der Waals surface area contributed by atoms with E-state index in [0.717, 1.165) is 22.6 Å². The lowest BCUT2D eigenvalue weighted by atomic mass is 9.97. The third-order valence-corrected chi connectivity index (χ3v) is 5.18. The van der Waals surface area contributed by atoms with E-state index in [1.807, 2.05) is 10.7 Å². The number of aromatic nitrogens is 3. The Bertz CT molecular complexity index is 971. The van der Waals surface area contributed by atoms with Crippen LogP contribution in [0, 0.1) is 19.8 Å². The second-order valence-corrected chi connectivity index (χ2v) is 7.03. The minimum atomic E-state index is -0.697. The molecule has 4 rings (SSSR count). The van der Waals surface area contributed by atoms with Gasteiger partial charge in [-0.05, 0) is 44.4 Å². The topological polar surface area (TPSA) is 70.7 Å². The van der Waals surface area contributed by atoms with Crippen molar-refractivity contribution in [2.45, 2.75) is 26.7 Å². The monoisotopic (exact) mass is 350 g/mol. The Balaban J connectivity index is 1.71. The highest BCUT2D eigenvalue weighted by Crippen LogP contribution is 2.29. The van der Waals surface area contributed by atoms with Crippen LogP contribution in [0.15, 0.2) is 36.7 Å². The molecule has 0 saturated carbocycles. The number of hydrogen-bond acceptors (Lipinski definition) is 4. The number of carbonyl (C=O) groups is 1. The van der Waals surface area contributed by atoms with Gasteiger partial charge in [0.05, 0.1) is 11.6 Å².